The number of likely N-dealkylation sites (tertiary alicyclic amines) is 1. The van der Waals surface area contributed by atoms with Crippen molar-refractivity contribution >= 4 is 29.9 Å². The molecule has 0 spiro atoms. The van der Waals surface area contributed by atoms with Crippen LogP contribution in [0.4, 0.5) is 0 Å². The van der Waals surface area contributed by atoms with E-state index in [1.165, 1.54) is 0 Å². The maximum atomic E-state index is 6.12. The molecule has 1 aliphatic rings. The zero-order chi connectivity index (χ0) is 22.1. The summed E-state index contributed by atoms with van der Waals surface area (Å²) in [6, 6.07) is 8.69. The Morgan fingerprint density at radius 2 is 2.06 bits per heavy atom. The number of hydrogen-bond acceptors (Lipinski definition) is 4. The number of aromatic nitrogens is 2. The van der Waals surface area contributed by atoms with Crippen molar-refractivity contribution in [3.05, 3.63) is 48.5 Å². The van der Waals surface area contributed by atoms with Crippen molar-refractivity contribution in [2.24, 2.45) is 10.9 Å². The van der Waals surface area contributed by atoms with E-state index in [2.05, 4.69) is 74.8 Å². The minimum atomic E-state index is 0. The Morgan fingerprint density at radius 3 is 2.75 bits per heavy atom. The minimum absolute atomic E-state index is 0. The van der Waals surface area contributed by atoms with Crippen LogP contribution in [-0.2, 0) is 6.54 Å². The molecule has 2 heterocycles. The fraction of sp³-hybridized carbons (Fsp3) is 0.583. The summed E-state index contributed by atoms with van der Waals surface area (Å²) in [5.74, 6) is 2.50. The molecule has 178 valence electrons. The summed E-state index contributed by atoms with van der Waals surface area (Å²) >= 11 is 0. The van der Waals surface area contributed by atoms with Gasteiger partial charge < -0.3 is 24.4 Å². The maximum Gasteiger partial charge on any atom is 0.193 e. The van der Waals surface area contributed by atoms with Crippen LogP contribution in [0.2, 0.25) is 0 Å². The van der Waals surface area contributed by atoms with E-state index >= 15 is 0 Å². The molecule has 0 saturated carbocycles. The van der Waals surface area contributed by atoms with Crippen LogP contribution < -0.4 is 10.1 Å². The number of nitrogens with zero attached hydrogens (tertiary/aromatic N) is 5. The van der Waals surface area contributed by atoms with Gasteiger partial charge in [-0.05, 0) is 31.5 Å². The summed E-state index contributed by atoms with van der Waals surface area (Å²) < 4.78 is 8.34. The third-order valence-corrected chi connectivity index (χ3v) is 6.31. The summed E-state index contributed by atoms with van der Waals surface area (Å²) in [5, 5.41) is 3.56. The lowest BCUT2D eigenvalue weighted by Crippen LogP contribution is -2.48. The standard InChI is InChI=1S/C24H38N6O.HI/c1-5-28(6-2)15-16-31-23-10-8-7-9-21(23)17-27-24(25-4)29-13-11-20(3)22(18-29)30-14-12-26-19-30;/h7-10,12,14,19-20,22H,5-6,11,13,15-18H2,1-4H3,(H,25,27);1H. The summed E-state index contributed by atoms with van der Waals surface area (Å²) in [7, 11) is 1.86. The highest BCUT2D eigenvalue weighted by molar-refractivity contribution is 14.0. The molecule has 0 bridgehead atoms. The monoisotopic (exact) mass is 554 g/mol. The van der Waals surface area contributed by atoms with Crippen molar-refractivity contribution in [3.8, 4) is 5.75 Å². The zero-order valence-corrected chi connectivity index (χ0v) is 22.2. The molecule has 32 heavy (non-hydrogen) atoms. The van der Waals surface area contributed by atoms with Crippen molar-refractivity contribution < 1.29 is 4.74 Å². The van der Waals surface area contributed by atoms with Crippen LogP contribution in [0.5, 0.6) is 5.75 Å². The molecule has 1 aromatic heterocycles. The van der Waals surface area contributed by atoms with E-state index in [4.69, 9.17) is 4.74 Å². The summed E-state index contributed by atoms with van der Waals surface area (Å²) in [5.41, 5.74) is 1.15. The number of para-hydroxylation sites is 1. The first-order chi connectivity index (χ1) is 15.2. The average molecular weight is 555 g/mol. The molecule has 2 aromatic rings. The van der Waals surface area contributed by atoms with E-state index in [-0.39, 0.29) is 24.0 Å². The Labute approximate surface area is 210 Å². The molecule has 1 fully saturated rings. The smallest absolute Gasteiger partial charge is 0.193 e. The molecule has 8 heteroatoms. The first kappa shape index (κ1) is 26.4. The van der Waals surface area contributed by atoms with Crippen LogP contribution in [0, 0.1) is 5.92 Å². The van der Waals surface area contributed by atoms with Crippen LogP contribution in [0.1, 0.15) is 38.8 Å². The molecule has 0 aliphatic carbocycles. The molecule has 1 aliphatic heterocycles. The summed E-state index contributed by atoms with van der Waals surface area (Å²) in [4.78, 5) is 13.5. The maximum absolute atomic E-state index is 6.12. The second kappa shape index (κ2) is 13.7. The number of guanidine groups is 1. The van der Waals surface area contributed by atoms with Gasteiger partial charge in [0, 0.05) is 51.2 Å². The fourth-order valence-corrected chi connectivity index (χ4v) is 4.22. The number of imidazole rings is 1. The molecule has 1 saturated heterocycles. The second-order valence-corrected chi connectivity index (χ2v) is 8.17. The van der Waals surface area contributed by atoms with Crippen LogP contribution in [0.25, 0.3) is 0 Å². The largest absolute Gasteiger partial charge is 0.492 e. The van der Waals surface area contributed by atoms with Crippen LogP contribution >= 0.6 is 24.0 Å². The van der Waals surface area contributed by atoms with E-state index in [9.17, 15) is 0 Å². The van der Waals surface area contributed by atoms with Crippen molar-refractivity contribution in [3.63, 3.8) is 0 Å². The SMILES string of the molecule is CCN(CC)CCOc1ccccc1CNC(=NC)N1CCC(C)C(n2ccnc2)C1.I. The zero-order valence-electron chi connectivity index (χ0n) is 19.9. The number of hydrogen-bond donors (Lipinski definition) is 1. The number of halogens is 1. The number of nitrogens with one attached hydrogen (secondary N) is 1. The minimum Gasteiger partial charge on any atom is -0.492 e. The molecule has 0 radical (unpaired) electrons. The van der Waals surface area contributed by atoms with Gasteiger partial charge in [0.1, 0.15) is 12.4 Å². The van der Waals surface area contributed by atoms with Gasteiger partial charge in [-0.3, -0.25) is 4.99 Å². The van der Waals surface area contributed by atoms with Crippen LogP contribution in [-0.4, -0.2) is 71.7 Å². The van der Waals surface area contributed by atoms with Crippen molar-refractivity contribution in [2.75, 3.05) is 46.4 Å². The summed E-state index contributed by atoms with van der Waals surface area (Å²) in [6.45, 7) is 13.1. The molecule has 7 nitrogen and oxygen atoms in total. The lowest BCUT2D eigenvalue weighted by molar-refractivity contribution is 0.189. The first-order valence-electron chi connectivity index (χ1n) is 11.5. The number of aliphatic imine (C=N–C) groups is 1. The van der Waals surface area contributed by atoms with Crippen LogP contribution in [0.15, 0.2) is 48.0 Å². The Hall–Kier alpha value is -1.81. The molecular formula is C24H39IN6O. The van der Waals surface area contributed by atoms with E-state index in [0.29, 0.717) is 25.1 Å². The normalized spacial score (nSPS) is 19.0. The highest BCUT2D eigenvalue weighted by Gasteiger charge is 2.28. The summed E-state index contributed by atoms with van der Waals surface area (Å²) in [6.07, 6.45) is 6.98. The molecule has 1 N–H and O–H groups in total. The molecule has 0 amide bonds. The Balaban J connectivity index is 0.00000363. The Morgan fingerprint density at radius 1 is 1.28 bits per heavy atom. The van der Waals surface area contributed by atoms with Gasteiger partial charge in [-0.25, -0.2) is 4.98 Å². The first-order valence-corrected chi connectivity index (χ1v) is 11.5. The Bertz CT molecular complexity index is 809. The number of rotatable bonds is 9. The van der Waals surface area contributed by atoms with E-state index in [1.54, 1.807) is 0 Å². The van der Waals surface area contributed by atoms with Gasteiger partial charge in [0.05, 0.1) is 12.4 Å². The molecule has 2 unspecified atom stereocenters. The second-order valence-electron chi connectivity index (χ2n) is 8.17. The lowest BCUT2D eigenvalue weighted by Gasteiger charge is -2.39. The number of ether oxygens (including phenoxy) is 1. The average Bonchev–Trinajstić information content (AvgIpc) is 3.33. The Kier molecular flexibility index (Phi) is 11.3. The van der Waals surface area contributed by atoms with Gasteiger partial charge in [-0.2, -0.15) is 0 Å². The third-order valence-electron chi connectivity index (χ3n) is 6.31. The quantitative estimate of drug-likeness (QED) is 0.290. The van der Waals surface area contributed by atoms with Gasteiger partial charge in [-0.15, -0.1) is 24.0 Å². The predicted molar refractivity (Wildman–Crippen MR) is 142 cm³/mol. The van der Waals surface area contributed by atoms with Crippen molar-refractivity contribution in [1.82, 2.24) is 24.7 Å². The van der Waals surface area contributed by atoms with Crippen LogP contribution in [0.3, 0.4) is 0 Å². The highest BCUT2D eigenvalue weighted by atomic mass is 127. The van der Waals surface area contributed by atoms with Crippen molar-refractivity contribution in [2.45, 2.75) is 39.8 Å². The lowest BCUT2D eigenvalue weighted by atomic mass is 9.93. The number of likely N-dealkylation sites (N-methyl/N-ethyl adjacent to an activating group) is 1. The van der Waals surface area contributed by atoms with E-state index < -0.39 is 0 Å². The van der Waals surface area contributed by atoms with E-state index in [0.717, 1.165) is 56.4 Å². The molecular weight excluding hydrogens is 515 g/mol. The van der Waals surface area contributed by atoms with Gasteiger partial charge in [0.15, 0.2) is 5.96 Å². The van der Waals surface area contributed by atoms with Gasteiger partial charge in [0.25, 0.3) is 0 Å². The third kappa shape index (κ3) is 7.10. The topological polar surface area (TPSA) is 57.9 Å². The van der Waals surface area contributed by atoms with E-state index in [1.807, 2.05) is 25.6 Å². The fourth-order valence-electron chi connectivity index (χ4n) is 4.22. The highest BCUT2D eigenvalue weighted by Crippen LogP contribution is 2.27. The van der Waals surface area contributed by atoms with Crippen molar-refractivity contribution in [1.29, 1.82) is 0 Å². The number of benzene rings is 1. The molecule has 3 rings (SSSR count). The molecule has 2 atom stereocenters. The van der Waals surface area contributed by atoms with Gasteiger partial charge >= 0.3 is 0 Å². The molecule has 1 aromatic carbocycles. The predicted octanol–water partition coefficient (Wildman–Crippen LogP) is 3.88. The number of piperidine rings is 1. The van der Waals surface area contributed by atoms with Gasteiger partial charge in [-0.1, -0.05) is 39.0 Å². The van der Waals surface area contributed by atoms with Gasteiger partial charge in [0.2, 0.25) is 0 Å².